The molecule has 0 bridgehead atoms. The quantitative estimate of drug-likeness (QED) is 0.525. The topological polar surface area (TPSA) is 70.8 Å². The fraction of sp³-hybridized carbons (Fsp3) is 1.00. The van der Waals surface area contributed by atoms with Crippen molar-refractivity contribution in [1.29, 1.82) is 0 Å². The molecule has 2 rings (SSSR count). The van der Waals surface area contributed by atoms with E-state index in [-0.39, 0.29) is 18.8 Å². The Bertz CT molecular complexity index is 305. The van der Waals surface area contributed by atoms with Gasteiger partial charge >= 0.3 is 0 Å². The lowest BCUT2D eigenvalue weighted by Crippen LogP contribution is -2.34. The third-order valence-electron chi connectivity index (χ3n) is 4.19. The van der Waals surface area contributed by atoms with Crippen LogP contribution in [-0.2, 0) is 14.3 Å². The fourth-order valence-corrected chi connectivity index (χ4v) is 3.41. The molecule has 0 aliphatic carbocycles. The first-order valence-corrected chi connectivity index (χ1v) is 7.21. The Hall–Kier alpha value is -0.880. The van der Waals surface area contributed by atoms with Gasteiger partial charge in [-0.3, -0.25) is 0 Å². The Morgan fingerprint density at radius 3 is 2.42 bits per heavy atom. The van der Waals surface area contributed by atoms with E-state index < -0.39 is 11.2 Å². The van der Waals surface area contributed by atoms with Crippen LogP contribution in [0.25, 0.3) is 0 Å². The van der Waals surface area contributed by atoms with Crippen LogP contribution in [0.3, 0.4) is 0 Å². The van der Waals surface area contributed by atoms with E-state index >= 15 is 0 Å². The first kappa shape index (κ1) is 14.5. The SMILES string of the molecule is CCCC(CCC)[C@H]1CO[C@H]2[C@@H]1OC[C@H]2O[N+](=O)[O-]. The molecular formula is C13H23NO5. The highest BCUT2D eigenvalue weighted by atomic mass is 17.0. The monoisotopic (exact) mass is 273 g/mol. The van der Waals surface area contributed by atoms with Gasteiger partial charge in [0.15, 0.2) is 6.10 Å². The van der Waals surface area contributed by atoms with Crippen LogP contribution in [0.15, 0.2) is 0 Å². The van der Waals surface area contributed by atoms with Crippen LogP contribution in [-0.4, -0.2) is 36.6 Å². The van der Waals surface area contributed by atoms with E-state index in [0.717, 1.165) is 25.7 Å². The first-order chi connectivity index (χ1) is 9.17. The minimum absolute atomic E-state index is 0.0342. The number of fused-ring (bicyclic) bond motifs is 1. The van der Waals surface area contributed by atoms with Crippen molar-refractivity contribution in [2.75, 3.05) is 13.2 Å². The van der Waals surface area contributed by atoms with Gasteiger partial charge in [-0.15, -0.1) is 10.1 Å². The first-order valence-electron chi connectivity index (χ1n) is 7.21. The van der Waals surface area contributed by atoms with Gasteiger partial charge in [-0.2, -0.15) is 0 Å². The average molecular weight is 273 g/mol. The maximum Gasteiger partial charge on any atom is 0.294 e. The summed E-state index contributed by atoms with van der Waals surface area (Å²) in [6, 6.07) is 0. The van der Waals surface area contributed by atoms with Gasteiger partial charge in [0.1, 0.15) is 6.10 Å². The molecule has 2 aliphatic heterocycles. The smallest absolute Gasteiger partial charge is 0.294 e. The molecule has 0 amide bonds. The molecule has 2 saturated heterocycles. The maximum atomic E-state index is 10.4. The van der Waals surface area contributed by atoms with Gasteiger partial charge in [0.2, 0.25) is 0 Å². The molecule has 0 N–H and O–H groups in total. The van der Waals surface area contributed by atoms with E-state index in [1.807, 2.05) is 0 Å². The Labute approximate surface area is 113 Å². The summed E-state index contributed by atoms with van der Waals surface area (Å²) in [7, 11) is 0. The van der Waals surface area contributed by atoms with E-state index in [1.54, 1.807) is 0 Å². The van der Waals surface area contributed by atoms with Gasteiger partial charge in [0.25, 0.3) is 5.09 Å². The highest BCUT2D eigenvalue weighted by Gasteiger charge is 2.50. The molecule has 0 spiro atoms. The molecule has 19 heavy (non-hydrogen) atoms. The summed E-state index contributed by atoms with van der Waals surface area (Å²) in [4.78, 5) is 15.1. The van der Waals surface area contributed by atoms with E-state index in [1.165, 1.54) is 0 Å². The number of rotatable bonds is 7. The molecular weight excluding hydrogens is 250 g/mol. The Morgan fingerprint density at radius 2 is 1.84 bits per heavy atom. The van der Waals surface area contributed by atoms with Crippen molar-refractivity contribution in [1.82, 2.24) is 0 Å². The predicted molar refractivity (Wildman–Crippen MR) is 68.1 cm³/mol. The van der Waals surface area contributed by atoms with Gasteiger partial charge in [-0.1, -0.05) is 39.5 Å². The normalized spacial score (nSPS) is 33.6. The summed E-state index contributed by atoms with van der Waals surface area (Å²) in [5.41, 5.74) is 0. The number of ether oxygens (including phenoxy) is 2. The molecule has 0 saturated carbocycles. The summed E-state index contributed by atoms with van der Waals surface area (Å²) >= 11 is 0. The second-order valence-electron chi connectivity index (χ2n) is 5.46. The predicted octanol–water partition coefficient (Wildman–Crippen LogP) is 2.19. The zero-order valence-corrected chi connectivity index (χ0v) is 11.6. The Morgan fingerprint density at radius 1 is 1.21 bits per heavy atom. The fourth-order valence-electron chi connectivity index (χ4n) is 3.41. The van der Waals surface area contributed by atoms with Crippen molar-refractivity contribution in [3.8, 4) is 0 Å². The highest BCUT2D eigenvalue weighted by Crippen LogP contribution is 2.39. The molecule has 0 aromatic heterocycles. The van der Waals surface area contributed by atoms with Gasteiger partial charge in [-0.25, -0.2) is 0 Å². The van der Waals surface area contributed by atoms with Crippen molar-refractivity contribution in [2.24, 2.45) is 11.8 Å². The van der Waals surface area contributed by atoms with Crippen molar-refractivity contribution in [3.05, 3.63) is 10.1 Å². The van der Waals surface area contributed by atoms with E-state index in [9.17, 15) is 10.1 Å². The van der Waals surface area contributed by atoms with Gasteiger partial charge < -0.3 is 14.3 Å². The van der Waals surface area contributed by atoms with Crippen LogP contribution < -0.4 is 0 Å². The lowest BCUT2D eigenvalue weighted by atomic mass is 9.82. The third kappa shape index (κ3) is 3.17. The molecule has 6 nitrogen and oxygen atoms in total. The number of hydrogen-bond donors (Lipinski definition) is 0. The molecule has 0 aromatic rings. The molecule has 4 atom stereocenters. The molecule has 2 aliphatic rings. The second-order valence-corrected chi connectivity index (χ2v) is 5.46. The largest absolute Gasteiger partial charge is 0.373 e. The summed E-state index contributed by atoms with van der Waals surface area (Å²) < 4.78 is 11.4. The second kappa shape index (κ2) is 6.52. The molecule has 0 unspecified atom stereocenters. The molecule has 0 aromatic carbocycles. The van der Waals surface area contributed by atoms with Crippen molar-refractivity contribution >= 4 is 0 Å². The Balaban J connectivity index is 1.97. The van der Waals surface area contributed by atoms with Crippen molar-refractivity contribution < 1.29 is 19.4 Å². The van der Waals surface area contributed by atoms with E-state index in [2.05, 4.69) is 18.7 Å². The Kier molecular flexibility index (Phi) is 4.99. The van der Waals surface area contributed by atoms with Crippen LogP contribution in [0, 0.1) is 22.0 Å². The molecule has 2 fully saturated rings. The zero-order valence-electron chi connectivity index (χ0n) is 11.6. The van der Waals surface area contributed by atoms with Crippen molar-refractivity contribution in [3.63, 3.8) is 0 Å². The van der Waals surface area contributed by atoms with E-state index in [0.29, 0.717) is 18.4 Å². The minimum Gasteiger partial charge on any atom is -0.373 e. The summed E-state index contributed by atoms with van der Waals surface area (Å²) in [5, 5.41) is 9.69. The van der Waals surface area contributed by atoms with Crippen LogP contribution in [0.2, 0.25) is 0 Å². The molecule has 0 radical (unpaired) electrons. The highest BCUT2D eigenvalue weighted by molar-refractivity contribution is 4.96. The average Bonchev–Trinajstić information content (AvgIpc) is 2.91. The van der Waals surface area contributed by atoms with Crippen LogP contribution in [0.5, 0.6) is 0 Å². The van der Waals surface area contributed by atoms with Gasteiger partial charge in [0, 0.05) is 5.92 Å². The summed E-state index contributed by atoms with van der Waals surface area (Å²) in [5.74, 6) is 0.935. The summed E-state index contributed by atoms with van der Waals surface area (Å²) in [6.45, 7) is 5.27. The third-order valence-corrected chi connectivity index (χ3v) is 4.19. The lowest BCUT2D eigenvalue weighted by Gasteiger charge is -2.25. The number of hydrogen-bond acceptors (Lipinski definition) is 5. The molecule has 6 heteroatoms. The maximum absolute atomic E-state index is 10.4. The molecule has 110 valence electrons. The zero-order chi connectivity index (χ0) is 13.8. The van der Waals surface area contributed by atoms with Crippen LogP contribution >= 0.6 is 0 Å². The molecule has 2 heterocycles. The number of nitrogens with zero attached hydrogens (tertiary/aromatic N) is 1. The lowest BCUT2D eigenvalue weighted by molar-refractivity contribution is -0.769. The minimum atomic E-state index is -0.747. The van der Waals surface area contributed by atoms with Crippen molar-refractivity contribution in [2.45, 2.75) is 57.8 Å². The van der Waals surface area contributed by atoms with E-state index in [4.69, 9.17) is 9.47 Å². The van der Waals surface area contributed by atoms with Gasteiger partial charge in [-0.05, 0) is 5.92 Å². The van der Waals surface area contributed by atoms with Crippen LogP contribution in [0.1, 0.15) is 39.5 Å². The summed E-state index contributed by atoms with van der Waals surface area (Å²) in [6.07, 6.45) is 3.75. The van der Waals surface area contributed by atoms with Crippen LogP contribution in [0.4, 0.5) is 0 Å². The standard InChI is InChI=1S/C13H23NO5/c1-3-5-9(6-4-2)10-7-17-13-11(19-14(15)16)8-18-12(10)13/h9-13H,3-8H2,1-2H3/t10-,11-,12-,13-/m1/s1. The van der Waals surface area contributed by atoms with Gasteiger partial charge in [0.05, 0.1) is 19.3 Å².